The van der Waals surface area contributed by atoms with Crippen molar-refractivity contribution in [3.63, 3.8) is 0 Å². The highest BCUT2D eigenvalue weighted by Gasteiger charge is 2.43. The fourth-order valence-corrected chi connectivity index (χ4v) is 10.1. The highest BCUT2D eigenvalue weighted by Crippen LogP contribution is 2.65. The first-order valence-electron chi connectivity index (χ1n) is 8.55. The molecule has 1 heteroatoms. The molecule has 0 spiro atoms. The smallest absolute Gasteiger partial charge is 0.0178 e. The Morgan fingerprint density at radius 1 is 0.611 bits per heavy atom. The summed E-state index contributed by atoms with van der Waals surface area (Å²) in [6, 6.07) is 0. The molecule has 18 heavy (non-hydrogen) atoms. The van der Waals surface area contributed by atoms with Crippen molar-refractivity contribution >= 4 is 7.92 Å². The summed E-state index contributed by atoms with van der Waals surface area (Å²) in [6.45, 7) is 5.14. The van der Waals surface area contributed by atoms with E-state index in [4.69, 9.17) is 0 Å². The minimum absolute atomic E-state index is 0.357. The van der Waals surface area contributed by atoms with Gasteiger partial charge in [0.05, 0.1) is 0 Å². The molecule has 4 unspecified atom stereocenters. The second kappa shape index (κ2) is 5.82. The van der Waals surface area contributed by atoms with Gasteiger partial charge >= 0.3 is 0 Å². The van der Waals surface area contributed by atoms with Crippen molar-refractivity contribution in [3.05, 3.63) is 0 Å². The van der Waals surface area contributed by atoms with Crippen LogP contribution in [0.5, 0.6) is 0 Å². The van der Waals surface area contributed by atoms with Crippen LogP contribution in [0.1, 0.15) is 78.1 Å². The molecule has 4 atom stereocenters. The van der Waals surface area contributed by atoms with Crippen LogP contribution >= 0.6 is 7.92 Å². The van der Waals surface area contributed by atoms with Crippen LogP contribution in [0.25, 0.3) is 0 Å². The number of rotatable bonds is 3. The van der Waals surface area contributed by atoms with Crippen LogP contribution in [0.15, 0.2) is 0 Å². The summed E-state index contributed by atoms with van der Waals surface area (Å²) < 4.78 is 0. The molecule has 0 aromatic rings. The standard InChI is InChI=1S/C17H31P/c1-13-7-5-11-16(13)18(15-9-3-4-10-15)17-12-6-8-14(17)2/h13-17H,3-12H2,1-2H3. The Labute approximate surface area is 115 Å². The van der Waals surface area contributed by atoms with E-state index in [0.29, 0.717) is 7.92 Å². The van der Waals surface area contributed by atoms with Crippen molar-refractivity contribution in [1.82, 2.24) is 0 Å². The van der Waals surface area contributed by atoms with Crippen LogP contribution in [-0.4, -0.2) is 17.0 Å². The summed E-state index contributed by atoms with van der Waals surface area (Å²) in [4.78, 5) is 0. The molecule has 3 aliphatic carbocycles. The SMILES string of the molecule is CC1CCCC1P(C1CCCC1)C1CCCC1C. The van der Waals surface area contributed by atoms with E-state index >= 15 is 0 Å². The van der Waals surface area contributed by atoms with Gasteiger partial charge in [-0.2, -0.15) is 0 Å². The Morgan fingerprint density at radius 3 is 1.50 bits per heavy atom. The van der Waals surface area contributed by atoms with Crippen LogP contribution in [0.4, 0.5) is 0 Å². The maximum atomic E-state index is 2.57. The lowest BCUT2D eigenvalue weighted by Gasteiger charge is -2.39. The number of hydrogen-bond donors (Lipinski definition) is 0. The topological polar surface area (TPSA) is 0 Å². The van der Waals surface area contributed by atoms with Crippen molar-refractivity contribution in [2.75, 3.05) is 0 Å². The van der Waals surface area contributed by atoms with Gasteiger partial charge in [0.2, 0.25) is 0 Å². The number of hydrogen-bond acceptors (Lipinski definition) is 0. The zero-order chi connectivity index (χ0) is 12.5. The fraction of sp³-hybridized carbons (Fsp3) is 1.00. The van der Waals surface area contributed by atoms with Gasteiger partial charge in [-0.15, -0.1) is 0 Å². The fourth-order valence-electron chi connectivity index (χ4n) is 5.13. The third-order valence-corrected chi connectivity index (χ3v) is 10.6. The maximum absolute atomic E-state index is 2.57. The zero-order valence-corrected chi connectivity index (χ0v) is 13.3. The minimum Gasteiger partial charge on any atom is -0.0966 e. The molecule has 0 N–H and O–H groups in total. The molecule has 3 saturated carbocycles. The van der Waals surface area contributed by atoms with Crippen molar-refractivity contribution in [1.29, 1.82) is 0 Å². The van der Waals surface area contributed by atoms with E-state index < -0.39 is 0 Å². The average molecular weight is 266 g/mol. The zero-order valence-electron chi connectivity index (χ0n) is 12.4. The van der Waals surface area contributed by atoms with E-state index in [2.05, 4.69) is 13.8 Å². The maximum Gasteiger partial charge on any atom is -0.0178 e. The van der Waals surface area contributed by atoms with Crippen molar-refractivity contribution in [2.24, 2.45) is 11.8 Å². The van der Waals surface area contributed by atoms with Crippen LogP contribution in [-0.2, 0) is 0 Å². The predicted octanol–water partition coefficient (Wildman–Crippen LogP) is 5.79. The molecule has 3 rings (SSSR count). The summed E-state index contributed by atoms with van der Waals surface area (Å²) in [5.74, 6) is 2.12. The lowest BCUT2D eigenvalue weighted by molar-refractivity contribution is 0.579. The van der Waals surface area contributed by atoms with Crippen LogP contribution < -0.4 is 0 Å². The molecule has 0 aliphatic heterocycles. The van der Waals surface area contributed by atoms with E-state index in [1.54, 1.807) is 51.4 Å². The van der Waals surface area contributed by atoms with Crippen molar-refractivity contribution < 1.29 is 0 Å². The molecule has 0 nitrogen and oxygen atoms in total. The highest BCUT2D eigenvalue weighted by molar-refractivity contribution is 7.60. The van der Waals surface area contributed by atoms with E-state index in [1.165, 1.54) is 18.5 Å². The van der Waals surface area contributed by atoms with Gasteiger partial charge in [-0.3, -0.25) is 0 Å². The molecule has 0 saturated heterocycles. The third kappa shape index (κ3) is 2.52. The van der Waals surface area contributed by atoms with Gasteiger partial charge in [0.25, 0.3) is 0 Å². The Balaban J connectivity index is 1.78. The van der Waals surface area contributed by atoms with Gasteiger partial charge < -0.3 is 0 Å². The molecule has 0 radical (unpaired) electrons. The summed E-state index contributed by atoms with van der Waals surface area (Å²) in [7, 11) is 0.357. The third-order valence-electron chi connectivity index (χ3n) is 6.14. The minimum atomic E-state index is 0.357. The van der Waals surface area contributed by atoms with Crippen LogP contribution in [0, 0.1) is 11.8 Å². The Kier molecular flexibility index (Phi) is 4.34. The van der Waals surface area contributed by atoms with Gasteiger partial charge in [0.1, 0.15) is 0 Å². The van der Waals surface area contributed by atoms with Gasteiger partial charge in [-0.05, 0) is 54.5 Å². The van der Waals surface area contributed by atoms with Gasteiger partial charge in [-0.25, -0.2) is 0 Å². The molecule has 3 aliphatic rings. The summed E-state index contributed by atoms with van der Waals surface area (Å²) in [5, 5.41) is 0. The molecule has 104 valence electrons. The Hall–Kier alpha value is 0.430. The summed E-state index contributed by atoms with van der Waals surface area (Å²) in [5.41, 5.74) is 3.50. The molecular weight excluding hydrogens is 235 g/mol. The molecule has 3 fully saturated rings. The Bertz CT molecular complexity index is 249. The van der Waals surface area contributed by atoms with Gasteiger partial charge in [0.15, 0.2) is 0 Å². The monoisotopic (exact) mass is 266 g/mol. The van der Waals surface area contributed by atoms with Gasteiger partial charge in [0, 0.05) is 0 Å². The Morgan fingerprint density at radius 2 is 1.11 bits per heavy atom. The van der Waals surface area contributed by atoms with E-state index in [-0.39, 0.29) is 0 Å². The van der Waals surface area contributed by atoms with E-state index in [0.717, 1.165) is 23.2 Å². The molecule has 0 bridgehead atoms. The lowest BCUT2D eigenvalue weighted by atomic mass is 10.1. The van der Waals surface area contributed by atoms with E-state index in [9.17, 15) is 0 Å². The van der Waals surface area contributed by atoms with Crippen LogP contribution in [0.3, 0.4) is 0 Å². The normalized spacial score (nSPS) is 43.7. The average Bonchev–Trinajstić information content (AvgIpc) is 3.05. The predicted molar refractivity (Wildman–Crippen MR) is 82.8 cm³/mol. The molecule has 0 amide bonds. The second-order valence-corrected chi connectivity index (χ2v) is 10.3. The largest absolute Gasteiger partial charge is 0.0966 e. The first-order chi connectivity index (χ1) is 8.77. The van der Waals surface area contributed by atoms with E-state index in [1.807, 2.05) is 0 Å². The molecule has 0 aromatic carbocycles. The van der Waals surface area contributed by atoms with Crippen molar-refractivity contribution in [2.45, 2.75) is 95.0 Å². The summed E-state index contributed by atoms with van der Waals surface area (Å²) in [6.07, 6.45) is 15.6. The first kappa shape index (κ1) is 13.4. The summed E-state index contributed by atoms with van der Waals surface area (Å²) >= 11 is 0. The second-order valence-electron chi connectivity index (χ2n) is 7.34. The molecule has 0 aromatic heterocycles. The highest BCUT2D eigenvalue weighted by atomic mass is 31.1. The van der Waals surface area contributed by atoms with Gasteiger partial charge in [-0.1, -0.05) is 60.3 Å². The quantitative estimate of drug-likeness (QED) is 0.567. The first-order valence-corrected chi connectivity index (χ1v) is 10.1. The van der Waals surface area contributed by atoms with Crippen molar-refractivity contribution in [3.8, 4) is 0 Å². The molecular formula is C17H31P. The van der Waals surface area contributed by atoms with Crippen LogP contribution in [0.2, 0.25) is 0 Å². The molecule has 0 heterocycles. The lowest BCUT2D eigenvalue weighted by Crippen LogP contribution is -2.25.